The summed E-state index contributed by atoms with van der Waals surface area (Å²) in [5.74, 6) is -0.325. The molecule has 1 aliphatic carbocycles. The molecule has 2 rings (SSSR count). The Balaban J connectivity index is 1.68. The van der Waals surface area contributed by atoms with Crippen molar-refractivity contribution in [3.8, 4) is 0 Å². The number of amides is 3. The number of nitrogens with one attached hydrogen (secondary N) is 1. The maximum absolute atomic E-state index is 11.9. The average Bonchev–Trinajstić information content (AvgIpc) is 2.95. The fourth-order valence-corrected chi connectivity index (χ4v) is 2.72. The second kappa shape index (κ2) is 5.69. The van der Waals surface area contributed by atoms with Crippen molar-refractivity contribution in [3.63, 3.8) is 0 Å². The van der Waals surface area contributed by atoms with Gasteiger partial charge in [-0.05, 0) is 19.3 Å². The van der Waals surface area contributed by atoms with Crippen LogP contribution in [0, 0.1) is 0 Å². The van der Waals surface area contributed by atoms with Crippen molar-refractivity contribution >= 4 is 17.7 Å². The van der Waals surface area contributed by atoms with E-state index in [4.69, 9.17) is 5.73 Å². The quantitative estimate of drug-likeness (QED) is 0.538. The molecular weight excluding hydrogens is 246 g/mol. The van der Waals surface area contributed by atoms with Gasteiger partial charge in [-0.1, -0.05) is 12.8 Å². The number of likely N-dealkylation sites (tertiary alicyclic amines) is 1. The Morgan fingerprint density at radius 3 is 2.37 bits per heavy atom. The van der Waals surface area contributed by atoms with Gasteiger partial charge in [0, 0.05) is 25.9 Å². The van der Waals surface area contributed by atoms with Crippen LogP contribution in [0.5, 0.6) is 0 Å². The van der Waals surface area contributed by atoms with Crippen molar-refractivity contribution in [3.05, 3.63) is 0 Å². The number of rotatable bonds is 5. The molecule has 1 saturated carbocycles. The van der Waals surface area contributed by atoms with Crippen LogP contribution in [-0.4, -0.2) is 41.2 Å². The summed E-state index contributed by atoms with van der Waals surface area (Å²) in [4.78, 5) is 35.9. The third-order valence-electron chi connectivity index (χ3n) is 3.95. The zero-order chi connectivity index (χ0) is 13.9. The monoisotopic (exact) mass is 267 g/mol. The van der Waals surface area contributed by atoms with E-state index >= 15 is 0 Å². The average molecular weight is 267 g/mol. The van der Waals surface area contributed by atoms with Crippen LogP contribution in [0.4, 0.5) is 0 Å². The van der Waals surface area contributed by atoms with Crippen molar-refractivity contribution in [2.45, 2.75) is 50.5 Å². The number of imide groups is 1. The molecule has 3 N–H and O–H groups in total. The van der Waals surface area contributed by atoms with Gasteiger partial charge >= 0.3 is 0 Å². The predicted octanol–water partition coefficient (Wildman–Crippen LogP) is -0.0868. The van der Waals surface area contributed by atoms with Crippen molar-refractivity contribution in [2.75, 3.05) is 13.1 Å². The molecule has 0 aromatic heterocycles. The van der Waals surface area contributed by atoms with Crippen molar-refractivity contribution in [1.82, 2.24) is 10.2 Å². The van der Waals surface area contributed by atoms with Gasteiger partial charge in [0.05, 0.1) is 5.54 Å². The molecule has 0 spiro atoms. The first-order chi connectivity index (χ1) is 9.03. The minimum Gasteiger partial charge on any atom is -0.354 e. The molecule has 2 aliphatic rings. The molecule has 6 heteroatoms. The highest BCUT2D eigenvalue weighted by molar-refractivity contribution is 6.01. The maximum atomic E-state index is 11.9. The van der Waals surface area contributed by atoms with Crippen molar-refractivity contribution in [2.24, 2.45) is 5.73 Å². The SMILES string of the molecule is NC1(C(=O)NCCCN2C(=O)CCC2=O)CCCC1. The van der Waals surface area contributed by atoms with E-state index in [1.807, 2.05) is 0 Å². The fraction of sp³-hybridized carbons (Fsp3) is 0.769. The van der Waals surface area contributed by atoms with Gasteiger partial charge in [0.1, 0.15) is 0 Å². The Hall–Kier alpha value is -1.43. The fourth-order valence-electron chi connectivity index (χ4n) is 2.72. The van der Waals surface area contributed by atoms with E-state index in [1.54, 1.807) is 0 Å². The van der Waals surface area contributed by atoms with Gasteiger partial charge in [0.25, 0.3) is 0 Å². The Bertz CT molecular complexity index is 373. The first-order valence-corrected chi connectivity index (χ1v) is 6.93. The molecule has 0 unspecified atom stereocenters. The Labute approximate surface area is 112 Å². The van der Waals surface area contributed by atoms with Crippen LogP contribution in [0.1, 0.15) is 44.9 Å². The van der Waals surface area contributed by atoms with Gasteiger partial charge in [0.2, 0.25) is 17.7 Å². The summed E-state index contributed by atoms with van der Waals surface area (Å²) in [6.45, 7) is 0.838. The Morgan fingerprint density at radius 1 is 1.21 bits per heavy atom. The Morgan fingerprint density at radius 2 is 1.79 bits per heavy atom. The topological polar surface area (TPSA) is 92.5 Å². The molecule has 1 heterocycles. The summed E-state index contributed by atoms with van der Waals surface area (Å²) in [5, 5.41) is 2.81. The van der Waals surface area contributed by atoms with Crippen LogP contribution in [0.3, 0.4) is 0 Å². The molecule has 0 aromatic carbocycles. The smallest absolute Gasteiger partial charge is 0.240 e. The lowest BCUT2D eigenvalue weighted by molar-refractivity contribution is -0.138. The summed E-state index contributed by atoms with van der Waals surface area (Å²) in [5.41, 5.74) is 5.31. The van der Waals surface area contributed by atoms with Gasteiger partial charge < -0.3 is 11.1 Å². The molecule has 3 amide bonds. The van der Waals surface area contributed by atoms with Gasteiger partial charge in [-0.2, -0.15) is 0 Å². The van der Waals surface area contributed by atoms with E-state index in [0.29, 0.717) is 32.4 Å². The molecule has 19 heavy (non-hydrogen) atoms. The zero-order valence-corrected chi connectivity index (χ0v) is 11.1. The number of nitrogens with zero attached hydrogens (tertiary/aromatic N) is 1. The number of hydrogen-bond acceptors (Lipinski definition) is 4. The highest BCUT2D eigenvalue weighted by Crippen LogP contribution is 2.27. The lowest BCUT2D eigenvalue weighted by atomic mass is 9.98. The molecular formula is C13H21N3O3. The predicted molar refractivity (Wildman–Crippen MR) is 69.0 cm³/mol. The molecule has 106 valence electrons. The van der Waals surface area contributed by atoms with Crippen LogP contribution >= 0.6 is 0 Å². The second-order valence-corrected chi connectivity index (χ2v) is 5.41. The number of carbonyl (C=O) groups excluding carboxylic acids is 3. The summed E-state index contributed by atoms with van der Waals surface area (Å²) >= 11 is 0. The van der Waals surface area contributed by atoms with E-state index in [2.05, 4.69) is 5.32 Å². The van der Waals surface area contributed by atoms with E-state index in [1.165, 1.54) is 4.90 Å². The standard InChI is InChI=1S/C13H21N3O3/c14-13(6-1-2-7-13)12(19)15-8-3-9-16-10(17)4-5-11(16)18/h1-9,14H2,(H,15,19). The molecule has 0 aromatic rings. The molecule has 0 bridgehead atoms. The zero-order valence-electron chi connectivity index (χ0n) is 11.1. The first-order valence-electron chi connectivity index (χ1n) is 6.93. The minimum absolute atomic E-state index is 0.107. The van der Waals surface area contributed by atoms with Crippen LogP contribution in [0.2, 0.25) is 0 Å². The van der Waals surface area contributed by atoms with Crippen LogP contribution in [-0.2, 0) is 14.4 Å². The number of hydrogen-bond donors (Lipinski definition) is 2. The summed E-state index contributed by atoms with van der Waals surface area (Å²) in [7, 11) is 0. The summed E-state index contributed by atoms with van der Waals surface area (Å²) < 4.78 is 0. The van der Waals surface area contributed by atoms with Crippen molar-refractivity contribution < 1.29 is 14.4 Å². The van der Waals surface area contributed by atoms with Crippen LogP contribution < -0.4 is 11.1 Å². The molecule has 2 fully saturated rings. The normalized spacial score (nSPS) is 22.1. The molecule has 6 nitrogen and oxygen atoms in total. The maximum Gasteiger partial charge on any atom is 0.240 e. The third kappa shape index (κ3) is 3.12. The lowest BCUT2D eigenvalue weighted by Crippen LogP contribution is -2.52. The third-order valence-corrected chi connectivity index (χ3v) is 3.95. The lowest BCUT2D eigenvalue weighted by Gasteiger charge is -2.22. The van der Waals surface area contributed by atoms with E-state index in [9.17, 15) is 14.4 Å². The van der Waals surface area contributed by atoms with Gasteiger partial charge in [-0.3, -0.25) is 19.3 Å². The van der Waals surface area contributed by atoms with E-state index < -0.39 is 5.54 Å². The molecule has 0 radical (unpaired) electrons. The number of nitrogens with two attached hydrogens (primary N) is 1. The second-order valence-electron chi connectivity index (χ2n) is 5.41. The Kier molecular flexibility index (Phi) is 4.19. The summed E-state index contributed by atoms with van der Waals surface area (Å²) in [6, 6.07) is 0. The van der Waals surface area contributed by atoms with Gasteiger partial charge in [-0.25, -0.2) is 0 Å². The van der Waals surface area contributed by atoms with E-state index in [-0.39, 0.29) is 17.7 Å². The van der Waals surface area contributed by atoms with E-state index in [0.717, 1.165) is 25.7 Å². The molecule has 1 saturated heterocycles. The largest absolute Gasteiger partial charge is 0.354 e. The van der Waals surface area contributed by atoms with Gasteiger partial charge in [-0.15, -0.1) is 0 Å². The number of carbonyl (C=O) groups is 3. The minimum atomic E-state index is -0.709. The first kappa shape index (κ1) is 14.0. The van der Waals surface area contributed by atoms with Crippen LogP contribution in [0.15, 0.2) is 0 Å². The molecule has 1 aliphatic heterocycles. The highest BCUT2D eigenvalue weighted by Gasteiger charge is 2.36. The van der Waals surface area contributed by atoms with Crippen LogP contribution in [0.25, 0.3) is 0 Å². The van der Waals surface area contributed by atoms with Crippen molar-refractivity contribution in [1.29, 1.82) is 0 Å². The molecule has 0 atom stereocenters. The highest BCUT2D eigenvalue weighted by atomic mass is 16.2. The summed E-state index contributed by atoms with van der Waals surface area (Å²) in [6.07, 6.45) is 4.69. The van der Waals surface area contributed by atoms with Gasteiger partial charge in [0.15, 0.2) is 0 Å².